The summed E-state index contributed by atoms with van der Waals surface area (Å²) in [6, 6.07) is 0. The Labute approximate surface area is 69.6 Å². The lowest BCUT2D eigenvalue weighted by Crippen LogP contribution is -1.93. The molecule has 1 heterocycles. The van der Waals surface area contributed by atoms with Crippen LogP contribution in [0.3, 0.4) is 0 Å². The topological polar surface area (TPSA) is 17.8 Å². The van der Waals surface area contributed by atoms with Crippen molar-refractivity contribution in [2.45, 2.75) is 18.6 Å². The van der Waals surface area contributed by atoms with Crippen LogP contribution in [0.1, 0.15) is 6.92 Å². The highest BCUT2D eigenvalue weighted by Gasteiger charge is 1.98. The van der Waals surface area contributed by atoms with Gasteiger partial charge in [0.2, 0.25) is 0 Å². The molecule has 0 spiro atoms. The largest absolute Gasteiger partial charge is 0.326 e. The Balaban J connectivity index is 2.70. The van der Waals surface area contributed by atoms with Crippen molar-refractivity contribution >= 4 is 23.4 Å². The summed E-state index contributed by atoms with van der Waals surface area (Å²) >= 11 is 7.08. The van der Waals surface area contributed by atoms with Gasteiger partial charge in [0, 0.05) is 18.9 Å². The van der Waals surface area contributed by atoms with Gasteiger partial charge in [-0.2, -0.15) is 0 Å². The number of aryl methyl sites for hydroxylation is 1. The van der Waals surface area contributed by atoms with Crippen molar-refractivity contribution < 1.29 is 0 Å². The van der Waals surface area contributed by atoms with Gasteiger partial charge in [-0.3, -0.25) is 0 Å². The molecule has 10 heavy (non-hydrogen) atoms. The minimum absolute atomic E-state index is 0.566. The molecule has 0 unspecified atom stereocenters. The zero-order chi connectivity index (χ0) is 7.40. The van der Waals surface area contributed by atoms with Crippen LogP contribution < -0.4 is 0 Å². The summed E-state index contributed by atoms with van der Waals surface area (Å²) in [5.41, 5.74) is 0. The smallest absolute Gasteiger partial charge is 0.169 e. The lowest BCUT2D eigenvalue weighted by molar-refractivity contribution is 0.682. The molecule has 0 aliphatic carbocycles. The number of aromatic nitrogens is 2. The number of alkyl halides is 1. The van der Waals surface area contributed by atoms with E-state index in [0.29, 0.717) is 5.21 Å². The van der Waals surface area contributed by atoms with E-state index in [2.05, 4.69) is 16.5 Å². The number of hydrogen-bond donors (Lipinski definition) is 0. The van der Waals surface area contributed by atoms with Crippen LogP contribution in [0.25, 0.3) is 0 Å². The second kappa shape index (κ2) is 3.88. The van der Waals surface area contributed by atoms with E-state index in [9.17, 15) is 0 Å². The van der Waals surface area contributed by atoms with E-state index in [1.807, 2.05) is 6.20 Å². The van der Waals surface area contributed by atoms with Crippen LogP contribution in [0.5, 0.6) is 0 Å². The van der Waals surface area contributed by atoms with E-state index in [0.717, 1.165) is 11.7 Å². The van der Waals surface area contributed by atoms with Gasteiger partial charge < -0.3 is 4.57 Å². The number of hydrogen-bond acceptors (Lipinski definition) is 2. The zero-order valence-electron chi connectivity index (χ0n) is 5.75. The fourth-order valence-corrected chi connectivity index (χ4v) is 1.61. The van der Waals surface area contributed by atoms with Gasteiger partial charge in [0.15, 0.2) is 5.16 Å². The van der Waals surface area contributed by atoms with Crippen molar-refractivity contribution in [1.82, 2.24) is 9.55 Å². The summed E-state index contributed by atoms with van der Waals surface area (Å²) in [5.74, 6) is 0. The number of thioether (sulfide) groups is 1. The minimum atomic E-state index is 0.566. The average molecular weight is 177 g/mol. The molecule has 0 saturated carbocycles. The first-order valence-corrected chi connectivity index (χ1v) is 4.60. The molecule has 0 bridgehead atoms. The maximum absolute atomic E-state index is 5.53. The van der Waals surface area contributed by atoms with Gasteiger partial charge in [-0.05, 0) is 6.92 Å². The van der Waals surface area contributed by atoms with Crippen molar-refractivity contribution in [3.8, 4) is 0 Å². The molecule has 1 rings (SSSR count). The Morgan fingerprint density at radius 1 is 1.80 bits per heavy atom. The van der Waals surface area contributed by atoms with Gasteiger partial charge in [-0.1, -0.05) is 11.8 Å². The van der Waals surface area contributed by atoms with Gasteiger partial charge in [0.25, 0.3) is 0 Å². The molecule has 0 aliphatic heterocycles. The number of imidazole rings is 1. The van der Waals surface area contributed by atoms with Gasteiger partial charge >= 0.3 is 0 Å². The second-order valence-corrected chi connectivity index (χ2v) is 3.28. The van der Waals surface area contributed by atoms with Gasteiger partial charge in [0.1, 0.15) is 0 Å². The van der Waals surface area contributed by atoms with Gasteiger partial charge in [-0.15, -0.1) is 11.6 Å². The monoisotopic (exact) mass is 176 g/mol. The SMILES string of the molecule is CCn1ccnc1SCCl. The molecule has 0 N–H and O–H groups in total. The molecule has 0 saturated heterocycles. The Morgan fingerprint density at radius 3 is 3.20 bits per heavy atom. The normalized spacial score (nSPS) is 10.2. The van der Waals surface area contributed by atoms with Crippen LogP contribution in [0.4, 0.5) is 0 Å². The number of nitrogens with zero attached hydrogens (tertiary/aromatic N) is 2. The van der Waals surface area contributed by atoms with E-state index in [1.54, 1.807) is 18.0 Å². The molecule has 0 atom stereocenters. The van der Waals surface area contributed by atoms with Crippen molar-refractivity contribution in [2.75, 3.05) is 5.21 Å². The van der Waals surface area contributed by atoms with Crippen LogP contribution in [0, 0.1) is 0 Å². The molecule has 0 fully saturated rings. The number of halogens is 1. The summed E-state index contributed by atoms with van der Waals surface area (Å²) in [7, 11) is 0. The quantitative estimate of drug-likeness (QED) is 0.519. The Bertz CT molecular complexity index is 199. The molecule has 4 heteroatoms. The number of rotatable bonds is 3. The summed E-state index contributed by atoms with van der Waals surface area (Å²) in [6.45, 7) is 3.04. The minimum Gasteiger partial charge on any atom is -0.326 e. The van der Waals surface area contributed by atoms with Crippen molar-refractivity contribution in [2.24, 2.45) is 0 Å². The van der Waals surface area contributed by atoms with E-state index in [1.165, 1.54) is 0 Å². The highest BCUT2D eigenvalue weighted by Crippen LogP contribution is 2.15. The van der Waals surface area contributed by atoms with Crippen LogP contribution in [-0.2, 0) is 6.54 Å². The molecule has 56 valence electrons. The summed E-state index contributed by atoms with van der Waals surface area (Å²) < 4.78 is 2.06. The third-order valence-electron chi connectivity index (χ3n) is 1.20. The molecule has 1 aromatic rings. The van der Waals surface area contributed by atoms with E-state index in [-0.39, 0.29) is 0 Å². The Kier molecular flexibility index (Phi) is 3.09. The fraction of sp³-hybridized carbons (Fsp3) is 0.500. The van der Waals surface area contributed by atoms with E-state index >= 15 is 0 Å². The molecular weight excluding hydrogens is 168 g/mol. The highest BCUT2D eigenvalue weighted by atomic mass is 35.5. The average Bonchev–Trinajstić information content (AvgIpc) is 2.36. The molecule has 0 amide bonds. The molecule has 0 aromatic carbocycles. The third kappa shape index (κ3) is 1.67. The van der Waals surface area contributed by atoms with Crippen molar-refractivity contribution in [3.05, 3.63) is 12.4 Å². The van der Waals surface area contributed by atoms with Crippen LogP contribution in [-0.4, -0.2) is 14.8 Å². The molecule has 1 aromatic heterocycles. The lowest BCUT2D eigenvalue weighted by Gasteiger charge is -1.99. The fourth-order valence-electron chi connectivity index (χ4n) is 0.725. The highest BCUT2D eigenvalue weighted by molar-refractivity contribution is 8.00. The second-order valence-electron chi connectivity index (χ2n) is 1.75. The Hall–Kier alpha value is -0.150. The van der Waals surface area contributed by atoms with Crippen LogP contribution in [0.2, 0.25) is 0 Å². The zero-order valence-corrected chi connectivity index (χ0v) is 7.32. The lowest BCUT2D eigenvalue weighted by atomic mass is 10.7. The maximum atomic E-state index is 5.53. The first-order valence-electron chi connectivity index (χ1n) is 3.08. The summed E-state index contributed by atoms with van der Waals surface area (Å²) in [6.07, 6.45) is 3.74. The van der Waals surface area contributed by atoms with E-state index < -0.39 is 0 Å². The van der Waals surface area contributed by atoms with Gasteiger partial charge in [0.05, 0.1) is 5.21 Å². The maximum Gasteiger partial charge on any atom is 0.169 e. The first kappa shape index (κ1) is 7.95. The third-order valence-corrected chi connectivity index (χ3v) is 2.24. The molecule has 0 radical (unpaired) electrons. The van der Waals surface area contributed by atoms with Crippen LogP contribution >= 0.6 is 23.4 Å². The molecular formula is C6H9ClN2S. The van der Waals surface area contributed by atoms with Crippen LogP contribution in [0.15, 0.2) is 17.6 Å². The van der Waals surface area contributed by atoms with Crippen molar-refractivity contribution in [3.63, 3.8) is 0 Å². The van der Waals surface area contributed by atoms with Crippen molar-refractivity contribution in [1.29, 1.82) is 0 Å². The predicted molar refractivity (Wildman–Crippen MR) is 44.5 cm³/mol. The molecule has 2 nitrogen and oxygen atoms in total. The summed E-state index contributed by atoms with van der Waals surface area (Å²) in [4.78, 5) is 4.12. The van der Waals surface area contributed by atoms with Gasteiger partial charge in [-0.25, -0.2) is 4.98 Å². The Morgan fingerprint density at radius 2 is 2.60 bits per heavy atom. The van der Waals surface area contributed by atoms with E-state index in [4.69, 9.17) is 11.6 Å². The standard InChI is InChI=1S/C6H9ClN2S/c1-2-9-4-3-8-6(9)10-5-7/h3-4H,2,5H2,1H3. The summed E-state index contributed by atoms with van der Waals surface area (Å²) in [5, 5.41) is 1.56. The molecule has 0 aliphatic rings. The predicted octanol–water partition coefficient (Wildman–Crippen LogP) is 2.19. The first-order chi connectivity index (χ1) is 4.88.